The number of alkyl halides is 1. The van der Waals surface area contributed by atoms with Gasteiger partial charge >= 0.3 is 0 Å². The average molecular weight is 219 g/mol. The van der Waals surface area contributed by atoms with Crippen molar-refractivity contribution in [3.05, 3.63) is 29.8 Å². The molecule has 2 nitrogen and oxygen atoms in total. The SMILES string of the molecule is CC1(CF)OC(C2CC2)=Nc2ccccc21. The highest BCUT2D eigenvalue weighted by molar-refractivity contribution is 5.86. The molecule has 0 N–H and O–H groups in total. The zero-order valence-corrected chi connectivity index (χ0v) is 9.24. The molecular formula is C13H14FNO. The Labute approximate surface area is 94.1 Å². The van der Waals surface area contributed by atoms with Gasteiger partial charge in [0.2, 0.25) is 0 Å². The van der Waals surface area contributed by atoms with Crippen LogP contribution in [0, 0.1) is 5.92 Å². The normalized spacial score (nSPS) is 28.0. The van der Waals surface area contributed by atoms with Crippen molar-refractivity contribution in [2.45, 2.75) is 25.4 Å². The van der Waals surface area contributed by atoms with Crippen LogP contribution in [0.15, 0.2) is 29.3 Å². The quantitative estimate of drug-likeness (QED) is 0.747. The lowest BCUT2D eigenvalue weighted by Crippen LogP contribution is -2.34. The van der Waals surface area contributed by atoms with Crippen LogP contribution < -0.4 is 0 Å². The van der Waals surface area contributed by atoms with E-state index in [4.69, 9.17) is 4.74 Å². The number of rotatable bonds is 2. The van der Waals surface area contributed by atoms with Gasteiger partial charge in [-0.1, -0.05) is 18.2 Å². The van der Waals surface area contributed by atoms with Gasteiger partial charge in [-0.25, -0.2) is 9.38 Å². The summed E-state index contributed by atoms with van der Waals surface area (Å²) in [6.07, 6.45) is 2.23. The molecule has 1 aliphatic heterocycles. The standard InChI is InChI=1S/C13H14FNO/c1-13(8-14)10-4-2-3-5-11(10)15-12(16-13)9-6-7-9/h2-5,9H,6-8H2,1H3. The molecule has 0 saturated heterocycles. The van der Waals surface area contributed by atoms with E-state index in [1.165, 1.54) is 0 Å². The maximum Gasteiger partial charge on any atom is 0.192 e. The van der Waals surface area contributed by atoms with Gasteiger partial charge in [0.1, 0.15) is 6.67 Å². The van der Waals surface area contributed by atoms with Crippen LogP contribution in [0.25, 0.3) is 0 Å². The Bertz CT molecular complexity index is 453. The summed E-state index contributed by atoms with van der Waals surface area (Å²) in [7, 11) is 0. The molecule has 84 valence electrons. The van der Waals surface area contributed by atoms with E-state index in [1.807, 2.05) is 24.3 Å². The summed E-state index contributed by atoms with van der Waals surface area (Å²) in [5.41, 5.74) is 0.855. The third-order valence-electron chi connectivity index (χ3n) is 3.22. The lowest BCUT2D eigenvalue weighted by atomic mass is 9.94. The lowest BCUT2D eigenvalue weighted by Gasteiger charge is -2.33. The zero-order valence-electron chi connectivity index (χ0n) is 9.24. The monoisotopic (exact) mass is 219 g/mol. The predicted molar refractivity (Wildman–Crippen MR) is 60.7 cm³/mol. The molecule has 1 aliphatic carbocycles. The van der Waals surface area contributed by atoms with Gasteiger partial charge in [-0.3, -0.25) is 0 Å². The Balaban J connectivity index is 2.10. The largest absolute Gasteiger partial charge is 0.467 e. The van der Waals surface area contributed by atoms with Gasteiger partial charge in [0.15, 0.2) is 11.5 Å². The summed E-state index contributed by atoms with van der Waals surface area (Å²) >= 11 is 0. The number of hydrogen-bond acceptors (Lipinski definition) is 2. The van der Waals surface area contributed by atoms with Crippen LogP contribution in [-0.4, -0.2) is 12.6 Å². The first kappa shape index (κ1) is 9.82. The summed E-state index contributed by atoms with van der Waals surface area (Å²) in [6.45, 7) is 1.28. The summed E-state index contributed by atoms with van der Waals surface area (Å²) in [6, 6.07) is 7.64. The molecule has 3 rings (SSSR count). The van der Waals surface area contributed by atoms with Gasteiger partial charge in [-0.2, -0.15) is 0 Å². The van der Waals surface area contributed by atoms with Crippen molar-refractivity contribution in [1.82, 2.24) is 0 Å². The Morgan fingerprint density at radius 2 is 2.19 bits per heavy atom. The van der Waals surface area contributed by atoms with Crippen LogP contribution in [-0.2, 0) is 10.3 Å². The first-order valence-electron chi connectivity index (χ1n) is 5.66. The maximum atomic E-state index is 13.2. The van der Waals surface area contributed by atoms with E-state index in [2.05, 4.69) is 4.99 Å². The van der Waals surface area contributed by atoms with E-state index >= 15 is 0 Å². The third-order valence-corrected chi connectivity index (χ3v) is 3.22. The predicted octanol–water partition coefficient (Wildman–Crippen LogP) is 3.34. The molecule has 1 aromatic rings. The molecule has 0 bridgehead atoms. The second-order valence-corrected chi connectivity index (χ2v) is 4.71. The molecule has 0 radical (unpaired) electrons. The fraction of sp³-hybridized carbons (Fsp3) is 0.462. The van der Waals surface area contributed by atoms with E-state index in [-0.39, 0.29) is 0 Å². The second kappa shape index (κ2) is 3.30. The molecule has 3 heteroatoms. The third kappa shape index (κ3) is 1.42. The van der Waals surface area contributed by atoms with Crippen molar-refractivity contribution < 1.29 is 9.13 Å². The molecular weight excluding hydrogens is 205 g/mol. The molecule has 0 aromatic heterocycles. The zero-order chi connectivity index (χ0) is 11.2. The topological polar surface area (TPSA) is 21.6 Å². The maximum absolute atomic E-state index is 13.2. The fourth-order valence-corrected chi connectivity index (χ4v) is 2.05. The molecule has 1 heterocycles. The molecule has 2 aliphatic rings. The lowest BCUT2D eigenvalue weighted by molar-refractivity contribution is 0.0368. The summed E-state index contributed by atoms with van der Waals surface area (Å²) in [5, 5.41) is 0. The Kier molecular flexibility index (Phi) is 2.03. The Morgan fingerprint density at radius 3 is 2.88 bits per heavy atom. The van der Waals surface area contributed by atoms with Crippen LogP contribution in [0.1, 0.15) is 25.3 Å². The number of para-hydroxylation sites is 1. The highest BCUT2D eigenvalue weighted by atomic mass is 19.1. The minimum atomic E-state index is -0.851. The number of fused-ring (bicyclic) bond motifs is 1. The average Bonchev–Trinajstić information content (AvgIpc) is 3.13. The minimum absolute atomic E-state index is 0.416. The van der Waals surface area contributed by atoms with E-state index < -0.39 is 12.3 Å². The van der Waals surface area contributed by atoms with Crippen LogP contribution in [0.2, 0.25) is 0 Å². The van der Waals surface area contributed by atoms with Crippen molar-refractivity contribution in [2.75, 3.05) is 6.67 Å². The van der Waals surface area contributed by atoms with Crippen LogP contribution in [0.5, 0.6) is 0 Å². The molecule has 1 atom stereocenters. The summed E-state index contributed by atoms with van der Waals surface area (Å²) in [4.78, 5) is 4.48. The van der Waals surface area contributed by atoms with Crippen molar-refractivity contribution in [3.8, 4) is 0 Å². The molecule has 16 heavy (non-hydrogen) atoms. The Morgan fingerprint density at radius 1 is 1.44 bits per heavy atom. The number of nitrogens with zero attached hydrogens (tertiary/aromatic N) is 1. The number of hydrogen-bond donors (Lipinski definition) is 0. The molecule has 0 spiro atoms. The highest BCUT2D eigenvalue weighted by Crippen LogP contribution is 2.43. The smallest absolute Gasteiger partial charge is 0.192 e. The van der Waals surface area contributed by atoms with Crippen LogP contribution in [0.3, 0.4) is 0 Å². The number of benzene rings is 1. The van der Waals surface area contributed by atoms with Crippen molar-refractivity contribution in [3.63, 3.8) is 0 Å². The van der Waals surface area contributed by atoms with E-state index in [0.29, 0.717) is 5.92 Å². The molecule has 1 unspecified atom stereocenters. The molecule has 1 fully saturated rings. The first-order chi connectivity index (χ1) is 7.73. The number of halogens is 1. The van der Waals surface area contributed by atoms with Gasteiger partial charge in [-0.05, 0) is 25.8 Å². The van der Waals surface area contributed by atoms with Gasteiger partial charge < -0.3 is 4.74 Å². The summed E-state index contributed by atoms with van der Waals surface area (Å²) in [5.74, 6) is 1.14. The Hall–Kier alpha value is -1.38. The van der Waals surface area contributed by atoms with Crippen molar-refractivity contribution >= 4 is 11.6 Å². The van der Waals surface area contributed by atoms with Gasteiger partial charge in [0.05, 0.1) is 5.69 Å². The number of aliphatic imine (C=N–C) groups is 1. The van der Waals surface area contributed by atoms with Gasteiger partial charge in [-0.15, -0.1) is 0 Å². The van der Waals surface area contributed by atoms with E-state index in [1.54, 1.807) is 6.92 Å². The second-order valence-electron chi connectivity index (χ2n) is 4.71. The summed E-state index contributed by atoms with van der Waals surface area (Å²) < 4.78 is 19.0. The van der Waals surface area contributed by atoms with E-state index in [0.717, 1.165) is 30.0 Å². The van der Waals surface area contributed by atoms with Gasteiger partial charge in [0, 0.05) is 11.5 Å². The minimum Gasteiger partial charge on any atom is -0.467 e. The van der Waals surface area contributed by atoms with E-state index in [9.17, 15) is 4.39 Å². The van der Waals surface area contributed by atoms with Crippen molar-refractivity contribution in [2.24, 2.45) is 10.9 Å². The highest BCUT2D eigenvalue weighted by Gasteiger charge is 2.41. The number of ether oxygens (including phenoxy) is 1. The van der Waals surface area contributed by atoms with Crippen LogP contribution >= 0.6 is 0 Å². The fourth-order valence-electron chi connectivity index (χ4n) is 2.05. The van der Waals surface area contributed by atoms with Crippen molar-refractivity contribution in [1.29, 1.82) is 0 Å². The van der Waals surface area contributed by atoms with Crippen LogP contribution in [0.4, 0.5) is 10.1 Å². The molecule has 1 aromatic carbocycles. The van der Waals surface area contributed by atoms with Gasteiger partial charge in [0.25, 0.3) is 0 Å². The molecule has 1 saturated carbocycles. The first-order valence-corrected chi connectivity index (χ1v) is 5.66. The molecule has 0 amide bonds.